The molecular formula is C10H9N3O2. The molecule has 1 heterocycles. The summed E-state index contributed by atoms with van der Waals surface area (Å²) in [6.45, 7) is 1.89. The molecule has 5 nitrogen and oxygen atoms in total. The number of carboxylic acids is 1. The van der Waals surface area contributed by atoms with Gasteiger partial charge in [0.25, 0.3) is 0 Å². The average Bonchev–Trinajstić information content (AvgIpc) is 2.69. The summed E-state index contributed by atoms with van der Waals surface area (Å²) in [7, 11) is 0. The zero-order valence-electron chi connectivity index (χ0n) is 8.08. The van der Waals surface area contributed by atoms with Gasteiger partial charge in [-0.2, -0.15) is 5.10 Å². The standard InChI is InChI=1S/C10H9N3O2/c1-7-2-3-8(10(14)15)9(4-7)13-6-11-5-12-13/h2-6H,1H3,(H,14,15). The fraction of sp³-hybridized carbons (Fsp3) is 0.100. The lowest BCUT2D eigenvalue weighted by atomic mass is 10.1. The number of hydrogen-bond donors (Lipinski definition) is 1. The van der Waals surface area contributed by atoms with Crippen molar-refractivity contribution in [3.63, 3.8) is 0 Å². The zero-order valence-corrected chi connectivity index (χ0v) is 8.08. The highest BCUT2D eigenvalue weighted by Gasteiger charge is 2.11. The van der Waals surface area contributed by atoms with E-state index in [1.165, 1.54) is 17.3 Å². The van der Waals surface area contributed by atoms with Crippen LogP contribution in [0.2, 0.25) is 0 Å². The highest BCUT2D eigenvalue weighted by Crippen LogP contribution is 2.15. The lowest BCUT2D eigenvalue weighted by Gasteiger charge is -2.06. The number of hydrogen-bond acceptors (Lipinski definition) is 3. The Labute approximate surface area is 86.0 Å². The second-order valence-electron chi connectivity index (χ2n) is 3.17. The van der Waals surface area contributed by atoms with Gasteiger partial charge in [-0.25, -0.2) is 14.5 Å². The van der Waals surface area contributed by atoms with E-state index in [0.29, 0.717) is 5.69 Å². The molecule has 2 rings (SSSR count). The van der Waals surface area contributed by atoms with Crippen LogP contribution >= 0.6 is 0 Å². The second-order valence-corrected chi connectivity index (χ2v) is 3.17. The van der Waals surface area contributed by atoms with Crippen molar-refractivity contribution in [2.45, 2.75) is 6.92 Å². The summed E-state index contributed by atoms with van der Waals surface area (Å²) >= 11 is 0. The van der Waals surface area contributed by atoms with E-state index in [1.807, 2.05) is 6.92 Å². The minimum atomic E-state index is -0.972. The first kappa shape index (κ1) is 9.39. The third-order valence-corrected chi connectivity index (χ3v) is 2.05. The van der Waals surface area contributed by atoms with E-state index in [2.05, 4.69) is 10.1 Å². The van der Waals surface area contributed by atoms with Gasteiger partial charge in [-0.15, -0.1) is 0 Å². The van der Waals surface area contributed by atoms with Gasteiger partial charge in [-0.3, -0.25) is 0 Å². The molecule has 2 aromatic rings. The molecule has 0 aliphatic rings. The fourth-order valence-corrected chi connectivity index (χ4v) is 1.34. The maximum Gasteiger partial charge on any atom is 0.337 e. The fourth-order valence-electron chi connectivity index (χ4n) is 1.34. The highest BCUT2D eigenvalue weighted by atomic mass is 16.4. The number of rotatable bonds is 2. The number of nitrogens with zero attached hydrogens (tertiary/aromatic N) is 3. The molecule has 0 aliphatic carbocycles. The molecule has 76 valence electrons. The van der Waals surface area contributed by atoms with Gasteiger partial charge < -0.3 is 5.11 Å². The van der Waals surface area contributed by atoms with Crippen LogP contribution in [0.5, 0.6) is 0 Å². The zero-order chi connectivity index (χ0) is 10.8. The van der Waals surface area contributed by atoms with Crippen molar-refractivity contribution < 1.29 is 9.90 Å². The van der Waals surface area contributed by atoms with Crippen molar-refractivity contribution in [3.05, 3.63) is 42.0 Å². The van der Waals surface area contributed by atoms with Crippen molar-refractivity contribution in [2.24, 2.45) is 0 Å². The van der Waals surface area contributed by atoms with Crippen LogP contribution in [0.25, 0.3) is 5.69 Å². The maximum absolute atomic E-state index is 11.0. The van der Waals surface area contributed by atoms with Gasteiger partial charge in [0.2, 0.25) is 0 Å². The van der Waals surface area contributed by atoms with Crippen LogP contribution in [0.4, 0.5) is 0 Å². The first-order chi connectivity index (χ1) is 7.18. The molecule has 5 heteroatoms. The molecule has 0 saturated carbocycles. The van der Waals surface area contributed by atoms with Crippen LogP contribution < -0.4 is 0 Å². The van der Waals surface area contributed by atoms with Crippen LogP contribution in [0.3, 0.4) is 0 Å². The van der Waals surface area contributed by atoms with Gasteiger partial charge in [0.1, 0.15) is 12.7 Å². The van der Waals surface area contributed by atoms with Crippen molar-refractivity contribution >= 4 is 5.97 Å². The van der Waals surface area contributed by atoms with Gasteiger partial charge in [-0.05, 0) is 24.6 Å². The summed E-state index contributed by atoms with van der Waals surface area (Å²) in [4.78, 5) is 14.8. The first-order valence-electron chi connectivity index (χ1n) is 4.37. The van der Waals surface area contributed by atoms with E-state index < -0.39 is 5.97 Å². The van der Waals surface area contributed by atoms with Gasteiger partial charge in [0.05, 0.1) is 11.3 Å². The van der Waals surface area contributed by atoms with Crippen LogP contribution in [0.1, 0.15) is 15.9 Å². The second kappa shape index (κ2) is 3.53. The van der Waals surface area contributed by atoms with Crippen LogP contribution in [0.15, 0.2) is 30.9 Å². The number of carbonyl (C=O) groups is 1. The SMILES string of the molecule is Cc1ccc(C(=O)O)c(-n2cncn2)c1. The number of aryl methyl sites for hydroxylation is 1. The predicted molar refractivity (Wildman–Crippen MR) is 53.1 cm³/mol. The molecule has 15 heavy (non-hydrogen) atoms. The van der Waals surface area contributed by atoms with Crippen LogP contribution in [-0.4, -0.2) is 25.8 Å². The van der Waals surface area contributed by atoms with Crippen molar-refractivity contribution in [1.29, 1.82) is 0 Å². The minimum Gasteiger partial charge on any atom is -0.478 e. The Hall–Kier alpha value is -2.17. The third kappa shape index (κ3) is 1.71. The van der Waals surface area contributed by atoms with Gasteiger partial charge in [0.15, 0.2) is 0 Å². The molecule has 0 amide bonds. The van der Waals surface area contributed by atoms with Gasteiger partial charge in [-0.1, -0.05) is 6.07 Å². The molecule has 0 atom stereocenters. The quantitative estimate of drug-likeness (QED) is 0.798. The Morgan fingerprint density at radius 2 is 2.27 bits per heavy atom. The van der Waals surface area contributed by atoms with Crippen molar-refractivity contribution in [3.8, 4) is 5.69 Å². The van der Waals surface area contributed by atoms with Gasteiger partial charge in [0, 0.05) is 0 Å². The van der Waals surface area contributed by atoms with E-state index in [1.54, 1.807) is 18.2 Å². The number of aromatic nitrogens is 3. The Morgan fingerprint density at radius 3 is 2.87 bits per heavy atom. The average molecular weight is 203 g/mol. The van der Waals surface area contributed by atoms with E-state index >= 15 is 0 Å². The van der Waals surface area contributed by atoms with E-state index in [4.69, 9.17) is 5.11 Å². The largest absolute Gasteiger partial charge is 0.478 e. The molecule has 0 saturated heterocycles. The molecule has 0 fully saturated rings. The topological polar surface area (TPSA) is 68.0 Å². The van der Waals surface area contributed by atoms with Crippen molar-refractivity contribution in [2.75, 3.05) is 0 Å². The molecule has 0 aliphatic heterocycles. The molecule has 0 spiro atoms. The monoisotopic (exact) mass is 203 g/mol. The number of carboxylic acid groups (broad SMARTS) is 1. The lowest BCUT2D eigenvalue weighted by Crippen LogP contribution is -2.06. The summed E-state index contributed by atoms with van der Waals surface area (Å²) in [5.74, 6) is -0.972. The lowest BCUT2D eigenvalue weighted by molar-refractivity contribution is 0.0696. The predicted octanol–water partition coefficient (Wildman–Crippen LogP) is 1.27. The summed E-state index contributed by atoms with van der Waals surface area (Å²) in [6.07, 6.45) is 2.84. The van der Waals surface area contributed by atoms with Crippen LogP contribution in [-0.2, 0) is 0 Å². The normalized spacial score (nSPS) is 10.2. The molecule has 1 N–H and O–H groups in total. The maximum atomic E-state index is 11.0. The molecule has 1 aromatic carbocycles. The smallest absolute Gasteiger partial charge is 0.337 e. The Morgan fingerprint density at radius 1 is 1.47 bits per heavy atom. The van der Waals surface area contributed by atoms with Gasteiger partial charge >= 0.3 is 5.97 Å². The Bertz CT molecular complexity index is 491. The first-order valence-corrected chi connectivity index (χ1v) is 4.37. The number of aromatic carboxylic acids is 1. The summed E-state index contributed by atoms with van der Waals surface area (Å²) in [5, 5.41) is 12.9. The summed E-state index contributed by atoms with van der Waals surface area (Å²) in [5.41, 5.74) is 1.72. The number of benzene rings is 1. The van der Waals surface area contributed by atoms with E-state index in [9.17, 15) is 4.79 Å². The van der Waals surface area contributed by atoms with E-state index in [-0.39, 0.29) is 5.56 Å². The molecule has 0 radical (unpaired) electrons. The van der Waals surface area contributed by atoms with E-state index in [0.717, 1.165) is 5.56 Å². The Kier molecular flexibility index (Phi) is 2.21. The van der Waals surface area contributed by atoms with Crippen LogP contribution in [0, 0.1) is 6.92 Å². The molecule has 0 bridgehead atoms. The molecule has 1 aromatic heterocycles. The summed E-state index contributed by atoms with van der Waals surface area (Å²) < 4.78 is 1.44. The Balaban J connectivity index is 2.63. The third-order valence-electron chi connectivity index (χ3n) is 2.05. The minimum absolute atomic E-state index is 0.214. The highest BCUT2D eigenvalue weighted by molar-refractivity contribution is 5.92. The molecular weight excluding hydrogens is 194 g/mol. The molecule has 0 unspecified atom stereocenters. The van der Waals surface area contributed by atoms with Crippen molar-refractivity contribution in [1.82, 2.24) is 14.8 Å². The summed E-state index contributed by atoms with van der Waals surface area (Å²) in [6, 6.07) is 5.08.